The lowest BCUT2D eigenvalue weighted by molar-refractivity contribution is 0.920. The summed E-state index contributed by atoms with van der Waals surface area (Å²) in [6, 6.07) is 1.85. The van der Waals surface area contributed by atoms with E-state index < -0.39 is 0 Å². The summed E-state index contributed by atoms with van der Waals surface area (Å²) in [5, 5.41) is 12.2. The van der Waals surface area contributed by atoms with Crippen LogP contribution in [0.3, 0.4) is 0 Å². The summed E-state index contributed by atoms with van der Waals surface area (Å²) in [4.78, 5) is 0. The van der Waals surface area contributed by atoms with Crippen molar-refractivity contribution in [1.82, 2.24) is 19.8 Å². The zero-order valence-corrected chi connectivity index (χ0v) is 8.07. The third-order valence-corrected chi connectivity index (χ3v) is 2.60. The van der Waals surface area contributed by atoms with Crippen LogP contribution in [0.4, 0.5) is 5.95 Å². The Bertz CT molecular complexity index is 502. The van der Waals surface area contributed by atoms with E-state index in [-0.39, 0.29) is 5.95 Å². The molecule has 0 atom stereocenters. The van der Waals surface area contributed by atoms with Crippen LogP contribution in [0.2, 0.25) is 5.15 Å². The Morgan fingerprint density at radius 1 is 1.43 bits per heavy atom. The van der Waals surface area contributed by atoms with E-state index in [2.05, 4.69) is 15.3 Å². The molecule has 2 N–H and O–H groups in total. The predicted molar refractivity (Wildman–Crippen MR) is 52.2 cm³/mol. The fourth-order valence-electron chi connectivity index (χ4n) is 1.58. The number of rotatable bonds is 1. The maximum atomic E-state index is 5.88. The molecule has 1 aliphatic carbocycles. The summed E-state index contributed by atoms with van der Waals surface area (Å²) >= 11 is 5.88. The zero-order chi connectivity index (χ0) is 9.71. The Kier molecular flexibility index (Phi) is 1.47. The molecule has 2 aromatic heterocycles. The van der Waals surface area contributed by atoms with Crippen molar-refractivity contribution in [1.29, 1.82) is 0 Å². The minimum absolute atomic E-state index is 0.282. The van der Waals surface area contributed by atoms with Gasteiger partial charge in [0.05, 0.1) is 0 Å². The third kappa shape index (κ3) is 1.05. The van der Waals surface area contributed by atoms with Gasteiger partial charge in [0.1, 0.15) is 0 Å². The molecule has 1 fully saturated rings. The summed E-state index contributed by atoms with van der Waals surface area (Å²) < 4.78 is 1.50. The number of fused-ring (bicyclic) bond motifs is 1. The van der Waals surface area contributed by atoms with Crippen LogP contribution >= 0.6 is 11.6 Å². The van der Waals surface area contributed by atoms with E-state index in [0.717, 1.165) is 11.2 Å². The lowest BCUT2D eigenvalue weighted by atomic mass is 10.2. The van der Waals surface area contributed by atoms with Gasteiger partial charge in [-0.15, -0.1) is 10.2 Å². The smallest absolute Gasteiger partial charge is 0.243 e. The number of hydrogen-bond acceptors (Lipinski definition) is 4. The molecule has 0 spiro atoms. The normalized spacial score (nSPS) is 16.4. The number of anilines is 1. The molecule has 1 aliphatic rings. The molecule has 14 heavy (non-hydrogen) atoms. The molecule has 1 saturated carbocycles. The van der Waals surface area contributed by atoms with Crippen LogP contribution in [0.25, 0.3) is 5.65 Å². The average Bonchev–Trinajstić information content (AvgIpc) is 2.93. The highest BCUT2D eigenvalue weighted by molar-refractivity contribution is 6.29. The molecule has 0 aromatic carbocycles. The van der Waals surface area contributed by atoms with E-state index >= 15 is 0 Å². The highest BCUT2D eigenvalue weighted by Crippen LogP contribution is 2.42. The van der Waals surface area contributed by atoms with Gasteiger partial charge in [-0.3, -0.25) is 0 Å². The molecule has 6 heteroatoms. The lowest BCUT2D eigenvalue weighted by Crippen LogP contribution is -2.00. The van der Waals surface area contributed by atoms with E-state index in [0.29, 0.717) is 11.1 Å². The van der Waals surface area contributed by atoms with Gasteiger partial charge in [-0.05, 0) is 24.8 Å². The Labute approximate surface area is 84.9 Å². The lowest BCUT2D eigenvalue weighted by Gasteiger charge is -2.00. The van der Waals surface area contributed by atoms with Crippen LogP contribution in [0, 0.1) is 0 Å². The number of hydrogen-bond donors (Lipinski definition) is 1. The van der Waals surface area contributed by atoms with Gasteiger partial charge in [0.15, 0.2) is 10.8 Å². The monoisotopic (exact) mass is 209 g/mol. The van der Waals surface area contributed by atoms with Crippen molar-refractivity contribution in [3.05, 3.63) is 16.8 Å². The standard InChI is InChI=1S/C8H8ClN5/c9-6-3-5(4-1-2-4)7-11-12-8(10)14(7)13-6/h3-4H,1-2H2,(H2,10,12). The molecule has 3 rings (SSSR count). The van der Waals surface area contributed by atoms with Gasteiger partial charge in [0, 0.05) is 5.56 Å². The Hall–Kier alpha value is -1.36. The van der Waals surface area contributed by atoms with Crippen molar-refractivity contribution in [3.63, 3.8) is 0 Å². The molecule has 0 unspecified atom stereocenters. The maximum Gasteiger partial charge on any atom is 0.243 e. The molecule has 2 aromatic rings. The second-order valence-corrected chi connectivity index (χ2v) is 3.88. The van der Waals surface area contributed by atoms with Gasteiger partial charge in [-0.2, -0.15) is 9.61 Å². The van der Waals surface area contributed by atoms with Crippen LogP contribution in [-0.4, -0.2) is 19.8 Å². The van der Waals surface area contributed by atoms with Gasteiger partial charge in [-0.25, -0.2) is 0 Å². The molecule has 2 heterocycles. The van der Waals surface area contributed by atoms with Gasteiger partial charge < -0.3 is 5.73 Å². The van der Waals surface area contributed by atoms with Crippen LogP contribution in [-0.2, 0) is 0 Å². The Morgan fingerprint density at radius 2 is 2.21 bits per heavy atom. The summed E-state index contributed by atoms with van der Waals surface area (Å²) in [6.45, 7) is 0. The topological polar surface area (TPSA) is 69.1 Å². The number of halogens is 1. The number of nitrogens with two attached hydrogens (primary N) is 1. The van der Waals surface area contributed by atoms with E-state index in [1.165, 1.54) is 17.4 Å². The first kappa shape index (κ1) is 7.99. The predicted octanol–water partition coefficient (Wildman–Crippen LogP) is 1.24. The number of aromatic nitrogens is 4. The molecule has 5 nitrogen and oxygen atoms in total. The minimum atomic E-state index is 0.282. The van der Waals surface area contributed by atoms with Gasteiger partial charge in [0.2, 0.25) is 5.95 Å². The summed E-state index contributed by atoms with van der Waals surface area (Å²) in [6.07, 6.45) is 2.37. The molecule has 72 valence electrons. The first-order chi connectivity index (χ1) is 6.75. The van der Waals surface area contributed by atoms with Crippen LogP contribution in [0.1, 0.15) is 24.3 Å². The summed E-state index contributed by atoms with van der Waals surface area (Å²) in [5.41, 5.74) is 7.44. The molecular formula is C8H8ClN5. The van der Waals surface area contributed by atoms with E-state index in [1.807, 2.05) is 6.07 Å². The quantitative estimate of drug-likeness (QED) is 0.767. The first-order valence-electron chi connectivity index (χ1n) is 4.43. The maximum absolute atomic E-state index is 5.88. The van der Waals surface area contributed by atoms with Crippen molar-refractivity contribution in [3.8, 4) is 0 Å². The molecule has 0 radical (unpaired) electrons. The van der Waals surface area contributed by atoms with Gasteiger partial charge in [-0.1, -0.05) is 11.6 Å². The van der Waals surface area contributed by atoms with E-state index in [9.17, 15) is 0 Å². The van der Waals surface area contributed by atoms with Crippen LogP contribution in [0.5, 0.6) is 0 Å². The average molecular weight is 210 g/mol. The van der Waals surface area contributed by atoms with Crippen molar-refractivity contribution >= 4 is 23.2 Å². The SMILES string of the molecule is Nc1nnc2c(C3CC3)cc(Cl)nn12. The van der Waals surface area contributed by atoms with Crippen molar-refractivity contribution < 1.29 is 0 Å². The fourth-order valence-corrected chi connectivity index (χ4v) is 1.78. The van der Waals surface area contributed by atoms with Crippen molar-refractivity contribution in [2.45, 2.75) is 18.8 Å². The number of nitrogens with zero attached hydrogens (tertiary/aromatic N) is 4. The van der Waals surface area contributed by atoms with Crippen LogP contribution < -0.4 is 5.73 Å². The van der Waals surface area contributed by atoms with Crippen molar-refractivity contribution in [2.24, 2.45) is 0 Å². The molecule has 0 aliphatic heterocycles. The number of nitrogen functional groups attached to an aromatic ring is 1. The summed E-state index contributed by atoms with van der Waals surface area (Å²) in [7, 11) is 0. The van der Waals surface area contributed by atoms with Crippen molar-refractivity contribution in [2.75, 3.05) is 5.73 Å². The van der Waals surface area contributed by atoms with E-state index in [4.69, 9.17) is 17.3 Å². The zero-order valence-electron chi connectivity index (χ0n) is 7.31. The second kappa shape index (κ2) is 2.57. The highest BCUT2D eigenvalue weighted by atomic mass is 35.5. The Morgan fingerprint density at radius 3 is 2.93 bits per heavy atom. The summed E-state index contributed by atoms with van der Waals surface area (Å²) in [5.74, 6) is 0.839. The Balaban J connectivity index is 2.35. The molecular weight excluding hydrogens is 202 g/mol. The molecule has 0 amide bonds. The highest BCUT2D eigenvalue weighted by Gasteiger charge is 2.27. The molecule has 0 saturated heterocycles. The van der Waals surface area contributed by atoms with Gasteiger partial charge in [0.25, 0.3) is 0 Å². The van der Waals surface area contributed by atoms with E-state index in [1.54, 1.807) is 0 Å². The van der Waals surface area contributed by atoms with Crippen LogP contribution in [0.15, 0.2) is 6.07 Å². The largest absolute Gasteiger partial charge is 0.366 e. The minimum Gasteiger partial charge on any atom is -0.366 e. The van der Waals surface area contributed by atoms with Gasteiger partial charge >= 0.3 is 0 Å². The second-order valence-electron chi connectivity index (χ2n) is 3.49. The first-order valence-corrected chi connectivity index (χ1v) is 4.81. The fraction of sp³-hybridized carbons (Fsp3) is 0.375. The third-order valence-electron chi connectivity index (χ3n) is 2.41. The molecule has 0 bridgehead atoms.